The van der Waals surface area contributed by atoms with Crippen LogP contribution in [0.4, 0.5) is 10.1 Å². The number of dihydropyridines is 1. The Labute approximate surface area is 177 Å². The number of amides is 1. The number of halogens is 2. The number of Topliss-reactive ketones (excluding diaryl/α,β-unsaturated/α-hetero) is 1. The van der Waals surface area contributed by atoms with Gasteiger partial charge in [0.2, 0.25) is 0 Å². The van der Waals surface area contributed by atoms with Crippen molar-refractivity contribution in [2.45, 2.75) is 32.1 Å². The van der Waals surface area contributed by atoms with Crippen molar-refractivity contribution < 1.29 is 14.0 Å². The fraction of sp³-hybridized carbons (Fsp3) is 0.217. The second-order valence-electron chi connectivity index (χ2n) is 7.25. The molecule has 148 valence electrons. The number of hydrogen-bond donors (Lipinski definition) is 2. The van der Waals surface area contributed by atoms with Crippen LogP contribution in [0.5, 0.6) is 0 Å². The Morgan fingerprint density at radius 3 is 2.59 bits per heavy atom. The van der Waals surface area contributed by atoms with Crippen molar-refractivity contribution >= 4 is 33.3 Å². The summed E-state index contributed by atoms with van der Waals surface area (Å²) in [7, 11) is 0. The molecule has 1 aliphatic carbocycles. The summed E-state index contributed by atoms with van der Waals surface area (Å²) in [6.45, 7) is 1.82. The quantitative estimate of drug-likeness (QED) is 0.670. The minimum absolute atomic E-state index is 0.0513. The molecular weight excluding hydrogens is 435 g/mol. The Balaban J connectivity index is 1.79. The van der Waals surface area contributed by atoms with Gasteiger partial charge in [0.1, 0.15) is 5.82 Å². The molecule has 1 amide bonds. The minimum Gasteiger partial charge on any atom is -0.362 e. The van der Waals surface area contributed by atoms with E-state index in [0.29, 0.717) is 23.3 Å². The third-order valence-corrected chi connectivity index (χ3v) is 5.87. The number of para-hydroxylation sites is 1. The van der Waals surface area contributed by atoms with Gasteiger partial charge in [-0.25, -0.2) is 4.39 Å². The number of ketones is 1. The minimum atomic E-state index is -0.503. The van der Waals surface area contributed by atoms with Crippen LogP contribution in [0.1, 0.15) is 37.7 Å². The Bertz CT molecular complexity index is 1060. The van der Waals surface area contributed by atoms with Crippen molar-refractivity contribution in [3.8, 4) is 0 Å². The van der Waals surface area contributed by atoms with E-state index in [-0.39, 0.29) is 11.5 Å². The maximum atomic E-state index is 14.1. The van der Waals surface area contributed by atoms with E-state index in [4.69, 9.17) is 0 Å². The molecule has 29 heavy (non-hydrogen) atoms. The van der Waals surface area contributed by atoms with Crippen molar-refractivity contribution in [1.29, 1.82) is 0 Å². The molecule has 2 aromatic rings. The summed E-state index contributed by atoms with van der Waals surface area (Å²) >= 11 is 3.43. The van der Waals surface area contributed by atoms with Gasteiger partial charge < -0.3 is 10.6 Å². The zero-order valence-corrected chi connectivity index (χ0v) is 17.5. The molecule has 4 rings (SSSR count). The summed E-state index contributed by atoms with van der Waals surface area (Å²) in [5.41, 5.74) is 3.61. The monoisotopic (exact) mass is 454 g/mol. The molecular formula is C23H20BrFN2O2. The van der Waals surface area contributed by atoms with Crippen molar-refractivity contribution in [2.24, 2.45) is 0 Å². The molecule has 0 saturated carbocycles. The molecule has 0 bridgehead atoms. The third kappa shape index (κ3) is 3.77. The molecule has 6 heteroatoms. The van der Waals surface area contributed by atoms with E-state index >= 15 is 0 Å². The van der Waals surface area contributed by atoms with Gasteiger partial charge in [-0.1, -0.05) is 40.2 Å². The van der Waals surface area contributed by atoms with Gasteiger partial charge in [-0.3, -0.25) is 9.59 Å². The second kappa shape index (κ2) is 7.95. The number of anilines is 1. The Morgan fingerprint density at radius 1 is 1.14 bits per heavy atom. The average molecular weight is 455 g/mol. The Hall–Kier alpha value is -2.73. The number of rotatable bonds is 3. The molecule has 1 heterocycles. The van der Waals surface area contributed by atoms with Crippen molar-refractivity contribution in [3.05, 3.63) is 86.9 Å². The lowest BCUT2D eigenvalue weighted by Gasteiger charge is -2.34. The summed E-state index contributed by atoms with van der Waals surface area (Å²) in [5.74, 6) is -1.36. The van der Waals surface area contributed by atoms with Gasteiger partial charge in [-0.05, 0) is 49.6 Å². The fourth-order valence-electron chi connectivity index (χ4n) is 4.03. The van der Waals surface area contributed by atoms with Crippen molar-refractivity contribution in [2.75, 3.05) is 5.32 Å². The lowest BCUT2D eigenvalue weighted by atomic mass is 9.75. The lowest BCUT2D eigenvalue weighted by molar-refractivity contribution is -0.116. The van der Waals surface area contributed by atoms with Crippen LogP contribution in [-0.4, -0.2) is 11.7 Å². The zero-order valence-electron chi connectivity index (χ0n) is 15.9. The molecule has 2 aliphatic rings. The molecule has 2 aromatic carbocycles. The first-order valence-corrected chi connectivity index (χ1v) is 10.3. The predicted molar refractivity (Wildman–Crippen MR) is 114 cm³/mol. The summed E-state index contributed by atoms with van der Waals surface area (Å²) in [5, 5.41) is 5.94. The number of carbonyl (C=O) groups excluding carboxylic acids is 2. The average Bonchev–Trinajstić information content (AvgIpc) is 2.69. The van der Waals surface area contributed by atoms with Crippen LogP contribution in [0.3, 0.4) is 0 Å². The maximum absolute atomic E-state index is 14.1. The van der Waals surface area contributed by atoms with Crippen LogP contribution in [0.15, 0.2) is 75.5 Å². The topological polar surface area (TPSA) is 58.2 Å². The maximum Gasteiger partial charge on any atom is 0.254 e. The molecule has 0 radical (unpaired) electrons. The van der Waals surface area contributed by atoms with Crippen LogP contribution in [0.2, 0.25) is 0 Å². The number of benzene rings is 2. The first kappa shape index (κ1) is 19.6. The molecule has 2 N–H and O–H groups in total. The zero-order chi connectivity index (χ0) is 20.5. The normalized spacial score (nSPS) is 19.0. The van der Waals surface area contributed by atoms with E-state index in [0.717, 1.165) is 28.6 Å². The van der Waals surface area contributed by atoms with Gasteiger partial charge >= 0.3 is 0 Å². The van der Waals surface area contributed by atoms with Crippen molar-refractivity contribution in [1.82, 2.24) is 5.32 Å². The fourth-order valence-corrected chi connectivity index (χ4v) is 4.29. The highest BCUT2D eigenvalue weighted by Crippen LogP contribution is 2.42. The summed E-state index contributed by atoms with van der Waals surface area (Å²) < 4.78 is 15.0. The summed E-state index contributed by atoms with van der Waals surface area (Å²) in [4.78, 5) is 26.1. The van der Waals surface area contributed by atoms with Gasteiger partial charge in [-0.2, -0.15) is 0 Å². The van der Waals surface area contributed by atoms with E-state index in [2.05, 4.69) is 26.6 Å². The second-order valence-corrected chi connectivity index (χ2v) is 8.17. The van der Waals surface area contributed by atoms with Gasteiger partial charge in [-0.15, -0.1) is 0 Å². The van der Waals surface area contributed by atoms with E-state index in [1.165, 1.54) is 12.1 Å². The molecule has 1 atom stereocenters. The van der Waals surface area contributed by atoms with Crippen LogP contribution >= 0.6 is 15.9 Å². The van der Waals surface area contributed by atoms with Crippen LogP contribution in [0.25, 0.3) is 0 Å². The molecule has 0 spiro atoms. The predicted octanol–water partition coefficient (Wildman–Crippen LogP) is 5.19. The number of hydrogen-bond acceptors (Lipinski definition) is 3. The SMILES string of the molecule is CC1=C(C(=O)Nc2ccccc2F)[C@H](c2ccc(Br)cc2)C2=C(CCCC2=O)N1. The van der Waals surface area contributed by atoms with Gasteiger partial charge in [0.25, 0.3) is 5.91 Å². The third-order valence-electron chi connectivity index (χ3n) is 5.35. The number of allylic oxidation sites excluding steroid dienone is 3. The highest BCUT2D eigenvalue weighted by molar-refractivity contribution is 9.10. The smallest absolute Gasteiger partial charge is 0.254 e. The highest BCUT2D eigenvalue weighted by Gasteiger charge is 2.38. The standard InChI is InChI=1S/C23H20BrFN2O2/c1-13-20(23(29)27-17-6-3-2-5-16(17)25)21(14-9-11-15(24)12-10-14)22-18(26-13)7-4-8-19(22)28/h2-3,5-6,9-12,21,26H,4,7-8H2,1H3,(H,27,29)/t21-/m0/s1. The largest absolute Gasteiger partial charge is 0.362 e. The first-order valence-electron chi connectivity index (χ1n) is 9.51. The summed E-state index contributed by atoms with van der Waals surface area (Å²) in [6, 6.07) is 13.7. The molecule has 0 aromatic heterocycles. The lowest BCUT2D eigenvalue weighted by Crippen LogP contribution is -2.35. The summed E-state index contributed by atoms with van der Waals surface area (Å²) in [6.07, 6.45) is 2.03. The number of carbonyl (C=O) groups is 2. The van der Waals surface area contributed by atoms with E-state index < -0.39 is 17.6 Å². The first-order chi connectivity index (χ1) is 14.0. The van der Waals surface area contributed by atoms with Gasteiger partial charge in [0.05, 0.1) is 5.69 Å². The molecule has 0 unspecified atom stereocenters. The van der Waals surface area contributed by atoms with E-state index in [1.807, 2.05) is 31.2 Å². The molecule has 0 saturated heterocycles. The van der Waals surface area contributed by atoms with Crippen LogP contribution in [0, 0.1) is 5.82 Å². The molecule has 1 aliphatic heterocycles. The van der Waals surface area contributed by atoms with E-state index in [9.17, 15) is 14.0 Å². The Morgan fingerprint density at radius 2 is 1.86 bits per heavy atom. The van der Waals surface area contributed by atoms with Gasteiger partial charge in [0.15, 0.2) is 5.78 Å². The molecule has 0 fully saturated rings. The van der Waals surface area contributed by atoms with E-state index in [1.54, 1.807) is 12.1 Å². The van der Waals surface area contributed by atoms with Crippen LogP contribution < -0.4 is 10.6 Å². The highest BCUT2D eigenvalue weighted by atomic mass is 79.9. The van der Waals surface area contributed by atoms with Crippen LogP contribution in [-0.2, 0) is 9.59 Å². The Kier molecular flexibility index (Phi) is 5.37. The van der Waals surface area contributed by atoms with Crippen molar-refractivity contribution in [3.63, 3.8) is 0 Å². The molecule has 4 nitrogen and oxygen atoms in total. The van der Waals surface area contributed by atoms with Gasteiger partial charge in [0, 0.05) is 39.4 Å². The number of nitrogens with one attached hydrogen (secondary N) is 2.